The molecule has 3 heterocycles. The Balaban J connectivity index is 1.44. The Hall–Kier alpha value is -4.38. The van der Waals surface area contributed by atoms with Crippen LogP contribution >= 0.6 is 0 Å². The third kappa shape index (κ3) is 4.38. The summed E-state index contributed by atoms with van der Waals surface area (Å²) in [5.41, 5.74) is 0.515. The molecule has 3 N–H and O–H groups in total. The highest BCUT2D eigenvalue weighted by molar-refractivity contribution is 6.08. The van der Waals surface area contributed by atoms with Crippen LogP contribution in [0.5, 0.6) is 5.75 Å². The van der Waals surface area contributed by atoms with E-state index in [-0.39, 0.29) is 30.7 Å². The summed E-state index contributed by atoms with van der Waals surface area (Å²) in [5.74, 6) is -0.426. The minimum Gasteiger partial charge on any atom is -0.497 e. The van der Waals surface area contributed by atoms with Gasteiger partial charge in [-0.2, -0.15) is 0 Å². The highest BCUT2D eigenvalue weighted by Gasteiger charge is 2.53. The van der Waals surface area contributed by atoms with Gasteiger partial charge in [0.1, 0.15) is 17.1 Å². The molecule has 1 aromatic heterocycles. The highest BCUT2D eigenvalue weighted by Crippen LogP contribution is 2.35. The van der Waals surface area contributed by atoms with Crippen LogP contribution in [0.25, 0.3) is 11.0 Å². The number of carbonyl (C=O) groups excluding carboxylic acids is 4. The number of fused-ring (bicyclic) bond motifs is 2. The largest absolute Gasteiger partial charge is 0.497 e. The van der Waals surface area contributed by atoms with E-state index in [0.717, 1.165) is 5.56 Å². The third-order valence-corrected chi connectivity index (χ3v) is 6.61. The molecule has 0 spiro atoms. The van der Waals surface area contributed by atoms with Gasteiger partial charge in [-0.3, -0.25) is 19.7 Å². The van der Waals surface area contributed by atoms with Gasteiger partial charge in [-0.25, -0.2) is 4.79 Å². The van der Waals surface area contributed by atoms with Crippen molar-refractivity contribution in [2.45, 2.75) is 12.1 Å². The minimum absolute atomic E-state index is 0.141. The zero-order chi connectivity index (χ0) is 26.3. The molecule has 37 heavy (non-hydrogen) atoms. The second-order valence-electron chi connectivity index (χ2n) is 9.42. The first-order valence-corrected chi connectivity index (χ1v) is 11.8. The molecule has 11 nitrogen and oxygen atoms in total. The number of amides is 5. The number of furan rings is 1. The number of rotatable bonds is 8. The number of ether oxygens (including phenoxy) is 1. The normalized spacial score (nSPS) is 18.8. The zero-order valence-electron chi connectivity index (χ0n) is 20.7. The van der Waals surface area contributed by atoms with Crippen LogP contribution in [0.2, 0.25) is 0 Å². The Morgan fingerprint density at radius 1 is 1.16 bits per heavy atom. The molecule has 1 saturated heterocycles. The summed E-state index contributed by atoms with van der Waals surface area (Å²) in [6.07, 6.45) is 0. The van der Waals surface area contributed by atoms with E-state index in [2.05, 4.69) is 16.0 Å². The topological polar surface area (TPSA) is 133 Å². The van der Waals surface area contributed by atoms with E-state index in [4.69, 9.17) is 9.15 Å². The quantitative estimate of drug-likeness (QED) is 0.395. The van der Waals surface area contributed by atoms with Gasteiger partial charge in [0.05, 0.1) is 13.7 Å². The van der Waals surface area contributed by atoms with Crippen LogP contribution in [0.15, 0.2) is 46.9 Å². The van der Waals surface area contributed by atoms with Gasteiger partial charge in [0.25, 0.3) is 17.7 Å². The summed E-state index contributed by atoms with van der Waals surface area (Å²) < 4.78 is 11.2. The van der Waals surface area contributed by atoms with Crippen LogP contribution in [-0.2, 0) is 16.9 Å². The van der Waals surface area contributed by atoms with Crippen LogP contribution in [0.3, 0.4) is 0 Å². The summed E-state index contributed by atoms with van der Waals surface area (Å²) in [7, 11) is 5.36. The van der Waals surface area contributed by atoms with E-state index in [1.807, 2.05) is 19.0 Å². The monoisotopic (exact) mass is 505 g/mol. The number of nitrogens with one attached hydrogen (secondary N) is 3. The van der Waals surface area contributed by atoms with Crippen molar-refractivity contribution in [3.05, 3.63) is 64.9 Å². The van der Waals surface area contributed by atoms with Gasteiger partial charge in [0, 0.05) is 36.1 Å². The van der Waals surface area contributed by atoms with E-state index < -0.39 is 17.5 Å². The van der Waals surface area contributed by atoms with E-state index in [9.17, 15) is 19.2 Å². The van der Waals surface area contributed by atoms with Crippen molar-refractivity contribution in [1.29, 1.82) is 0 Å². The Kier molecular flexibility index (Phi) is 6.08. The van der Waals surface area contributed by atoms with Crippen LogP contribution < -0.4 is 20.7 Å². The number of urea groups is 1. The predicted octanol–water partition coefficient (Wildman–Crippen LogP) is 1.42. The average molecular weight is 506 g/mol. The first-order chi connectivity index (χ1) is 17.7. The molecule has 5 amide bonds. The van der Waals surface area contributed by atoms with Crippen molar-refractivity contribution in [2.75, 3.05) is 40.8 Å². The zero-order valence-corrected chi connectivity index (χ0v) is 20.7. The third-order valence-electron chi connectivity index (χ3n) is 6.61. The van der Waals surface area contributed by atoms with Crippen LogP contribution in [0.4, 0.5) is 4.79 Å². The number of benzene rings is 2. The number of methoxy groups -OCH3 is 1. The summed E-state index contributed by atoms with van der Waals surface area (Å²) in [6, 6.07) is 11.1. The molecule has 1 atom stereocenters. The standard InChI is InChI=1S/C26H27N5O6/c1-30(2)9-8-27-22(32)15-5-7-20-17(10-15)11-21(37-20)26(24(34)28-25(35)29-26)14-31-13-16-4-6-18(36-3)12-19(16)23(31)33/h4-7,10-12H,8-9,13-14H2,1-3H3,(H,27,32)(H2,28,29,34,35)/t26-/m0/s1. The summed E-state index contributed by atoms with van der Waals surface area (Å²) in [5, 5.41) is 8.39. The van der Waals surface area contributed by atoms with Crippen LogP contribution in [0.1, 0.15) is 32.0 Å². The van der Waals surface area contributed by atoms with Gasteiger partial charge in [0.2, 0.25) is 0 Å². The van der Waals surface area contributed by atoms with Crippen molar-refractivity contribution >= 4 is 34.7 Å². The lowest BCUT2D eigenvalue weighted by Crippen LogP contribution is -2.52. The maximum absolute atomic E-state index is 13.2. The Morgan fingerprint density at radius 3 is 2.68 bits per heavy atom. The lowest BCUT2D eigenvalue weighted by atomic mass is 9.95. The van der Waals surface area contributed by atoms with Gasteiger partial charge < -0.3 is 29.6 Å². The van der Waals surface area contributed by atoms with Gasteiger partial charge in [0.15, 0.2) is 5.54 Å². The number of likely N-dealkylation sites (N-methyl/N-ethyl adjacent to an activating group) is 1. The first-order valence-electron chi connectivity index (χ1n) is 11.8. The maximum Gasteiger partial charge on any atom is 0.322 e. The first kappa shape index (κ1) is 24.3. The highest BCUT2D eigenvalue weighted by atomic mass is 16.5. The second kappa shape index (κ2) is 9.25. The summed E-state index contributed by atoms with van der Waals surface area (Å²) >= 11 is 0. The maximum atomic E-state index is 13.2. The lowest BCUT2D eigenvalue weighted by Gasteiger charge is -2.29. The van der Waals surface area contributed by atoms with Crippen molar-refractivity contribution in [3.8, 4) is 5.75 Å². The van der Waals surface area contributed by atoms with Gasteiger partial charge >= 0.3 is 6.03 Å². The molecule has 1 fully saturated rings. The molecule has 2 aromatic carbocycles. The van der Waals surface area contributed by atoms with Crippen LogP contribution in [0, 0.1) is 0 Å². The number of hydrogen-bond acceptors (Lipinski definition) is 7. The van der Waals surface area contributed by atoms with Crippen molar-refractivity contribution in [2.24, 2.45) is 0 Å². The van der Waals surface area contributed by atoms with E-state index in [1.165, 1.54) is 12.0 Å². The molecular weight excluding hydrogens is 478 g/mol. The minimum atomic E-state index is -1.63. The second-order valence-corrected chi connectivity index (χ2v) is 9.42. The van der Waals surface area contributed by atoms with Gasteiger partial charge in [-0.05, 0) is 56.1 Å². The molecular formula is C26H27N5O6. The van der Waals surface area contributed by atoms with Crippen molar-refractivity contribution in [1.82, 2.24) is 25.8 Å². The number of imide groups is 1. The molecule has 0 saturated carbocycles. The molecule has 0 radical (unpaired) electrons. The number of hydrogen-bond donors (Lipinski definition) is 3. The molecule has 0 bridgehead atoms. The number of nitrogens with zero attached hydrogens (tertiary/aromatic N) is 2. The van der Waals surface area contributed by atoms with E-state index in [1.54, 1.807) is 42.5 Å². The van der Waals surface area contributed by atoms with Crippen molar-refractivity contribution in [3.63, 3.8) is 0 Å². The lowest BCUT2D eigenvalue weighted by molar-refractivity contribution is -0.125. The predicted molar refractivity (Wildman–Crippen MR) is 133 cm³/mol. The SMILES string of the molecule is COc1ccc2c(c1)C(=O)N(C[C@@]1(c3cc4cc(C(=O)NCCN(C)C)ccc4o3)NC(=O)NC1=O)C2. The van der Waals surface area contributed by atoms with Gasteiger partial charge in [-0.1, -0.05) is 6.07 Å². The summed E-state index contributed by atoms with van der Waals surface area (Å²) in [6.45, 7) is 1.32. The molecule has 2 aliphatic heterocycles. The molecule has 2 aliphatic rings. The molecule has 11 heteroatoms. The Labute approximate surface area is 212 Å². The molecule has 0 unspecified atom stereocenters. The van der Waals surface area contributed by atoms with E-state index >= 15 is 0 Å². The Bertz CT molecular complexity index is 1430. The molecule has 3 aromatic rings. The average Bonchev–Trinajstić information content (AvgIpc) is 3.52. The van der Waals surface area contributed by atoms with Crippen LogP contribution in [-0.4, -0.2) is 74.4 Å². The fraction of sp³-hybridized carbons (Fsp3) is 0.308. The number of carbonyl (C=O) groups is 4. The fourth-order valence-electron chi connectivity index (χ4n) is 4.63. The smallest absolute Gasteiger partial charge is 0.322 e. The van der Waals surface area contributed by atoms with E-state index in [0.29, 0.717) is 40.9 Å². The fourth-order valence-corrected chi connectivity index (χ4v) is 4.63. The molecule has 192 valence electrons. The van der Waals surface area contributed by atoms with Gasteiger partial charge in [-0.15, -0.1) is 0 Å². The summed E-state index contributed by atoms with van der Waals surface area (Å²) in [4.78, 5) is 54.6. The Morgan fingerprint density at radius 2 is 1.97 bits per heavy atom. The van der Waals surface area contributed by atoms with Crippen molar-refractivity contribution < 1.29 is 28.3 Å². The molecule has 0 aliphatic carbocycles. The molecule has 5 rings (SSSR count).